The van der Waals surface area contributed by atoms with Gasteiger partial charge in [0.1, 0.15) is 40.2 Å². The van der Waals surface area contributed by atoms with Crippen molar-refractivity contribution in [2.75, 3.05) is 58.4 Å². The Morgan fingerprint density at radius 3 is 2.20 bits per heavy atom. The lowest BCUT2D eigenvalue weighted by Gasteiger charge is -2.28. The fraction of sp³-hybridized carbons (Fsp3) is 0.375. The quantitative estimate of drug-likeness (QED) is 0.0759. The lowest BCUT2D eigenvalue weighted by Crippen LogP contribution is -2.34. The van der Waals surface area contributed by atoms with Gasteiger partial charge < -0.3 is 44.0 Å². The number of carbonyl (C=O) groups excluding carboxylic acids is 2. The molecule has 4 heterocycles. The van der Waals surface area contributed by atoms with Crippen LogP contribution in [0.1, 0.15) is 55.4 Å². The lowest BCUT2D eigenvalue weighted by molar-refractivity contribution is -0.117. The average molecular weight is 873 g/mol. The highest BCUT2D eigenvalue weighted by Crippen LogP contribution is 2.48. The first-order valence-corrected chi connectivity index (χ1v) is 21.1. The predicted molar refractivity (Wildman–Crippen MR) is 243 cm³/mol. The normalized spacial score (nSPS) is 14.4. The Labute approximate surface area is 373 Å². The highest BCUT2D eigenvalue weighted by Gasteiger charge is 2.44. The van der Waals surface area contributed by atoms with E-state index in [1.54, 1.807) is 45.5 Å². The molecule has 0 radical (unpaired) electrons. The number of nitrogens with one attached hydrogen (secondary N) is 2. The van der Waals surface area contributed by atoms with Crippen LogP contribution in [0.25, 0.3) is 22.0 Å². The van der Waals surface area contributed by atoms with Crippen LogP contribution in [0.5, 0.6) is 23.0 Å². The maximum Gasteiger partial charge on any atom is 0.407 e. The van der Waals surface area contributed by atoms with E-state index in [1.807, 2.05) is 101 Å². The summed E-state index contributed by atoms with van der Waals surface area (Å²) in [7, 11) is 6.53. The Morgan fingerprint density at radius 1 is 0.859 bits per heavy atom. The molecule has 16 heteroatoms. The van der Waals surface area contributed by atoms with Crippen molar-refractivity contribution in [3.8, 4) is 34.3 Å². The van der Waals surface area contributed by atoms with Crippen molar-refractivity contribution in [2.45, 2.75) is 65.3 Å². The van der Waals surface area contributed by atoms with E-state index in [-0.39, 0.29) is 17.7 Å². The third kappa shape index (κ3) is 11.2. The number of rotatable bonds is 19. The number of aromatic nitrogens is 5. The van der Waals surface area contributed by atoms with Gasteiger partial charge in [-0.25, -0.2) is 14.8 Å². The van der Waals surface area contributed by atoms with E-state index in [9.17, 15) is 9.59 Å². The van der Waals surface area contributed by atoms with Gasteiger partial charge in [-0.3, -0.25) is 14.5 Å². The van der Waals surface area contributed by atoms with Crippen molar-refractivity contribution in [1.82, 2.24) is 30.0 Å². The van der Waals surface area contributed by atoms with Crippen molar-refractivity contribution < 1.29 is 38.0 Å². The number of anilines is 2. The van der Waals surface area contributed by atoms with Crippen LogP contribution < -0.4 is 34.5 Å². The van der Waals surface area contributed by atoms with Gasteiger partial charge in [-0.15, -0.1) is 0 Å². The standard InChI is InChI=1S/C48H56N8O8/c1-30-13-14-49-25-39(30)41-19-33-20-44(54-46(57)38-23-37(38)34-24-52-56(29-34)16-18-63-17-15-50-47(58)64-48(2,3)4)51-26-40(33)45(53-41)55(27-31-9-11-35(59-5)21-42(31)61-7)28-32-10-12-36(60-6)22-43(32)62-8/h9-14,19-22,24-26,29,37-38H,15-18,23,27-28H2,1-8H3,(H,50,58)(H,51,54,57)/t37-,38+/m0/s1. The maximum atomic E-state index is 13.7. The van der Waals surface area contributed by atoms with E-state index >= 15 is 0 Å². The second-order valence-corrected chi connectivity index (χ2v) is 16.5. The second kappa shape index (κ2) is 20.1. The fourth-order valence-corrected chi connectivity index (χ4v) is 7.46. The first kappa shape index (κ1) is 45.1. The number of hydrogen-bond acceptors (Lipinski definition) is 13. The molecule has 2 aromatic carbocycles. The number of benzene rings is 2. The van der Waals surface area contributed by atoms with Gasteiger partial charge in [0, 0.05) is 84.5 Å². The number of ether oxygens (including phenoxy) is 6. The molecule has 0 saturated heterocycles. The van der Waals surface area contributed by atoms with Crippen LogP contribution >= 0.6 is 0 Å². The molecule has 7 rings (SSSR count). The van der Waals surface area contributed by atoms with Gasteiger partial charge in [0.2, 0.25) is 5.91 Å². The first-order chi connectivity index (χ1) is 30.9. The molecule has 0 spiro atoms. The van der Waals surface area contributed by atoms with Crippen LogP contribution in [-0.4, -0.2) is 90.5 Å². The van der Waals surface area contributed by atoms with Gasteiger partial charge in [-0.2, -0.15) is 5.10 Å². The summed E-state index contributed by atoms with van der Waals surface area (Å²) >= 11 is 0. The SMILES string of the molecule is COc1ccc(CN(Cc2ccc(OC)cc2OC)c2nc(-c3cnccc3C)cc3cc(NC(=O)[C@@H]4C[C@H]4c4cnn(CCOCCNC(=O)OC(C)(C)C)c4)ncc23)c(OC)c1. The maximum absolute atomic E-state index is 13.7. The van der Waals surface area contributed by atoms with E-state index in [1.165, 1.54) is 0 Å². The van der Waals surface area contributed by atoms with Gasteiger partial charge in [0.15, 0.2) is 0 Å². The minimum atomic E-state index is -0.557. The van der Waals surface area contributed by atoms with Crippen LogP contribution in [0.15, 0.2) is 85.6 Å². The van der Waals surface area contributed by atoms with E-state index < -0.39 is 11.7 Å². The zero-order valence-corrected chi connectivity index (χ0v) is 37.6. The molecule has 6 aromatic rings. The van der Waals surface area contributed by atoms with E-state index in [0.717, 1.165) is 38.6 Å². The Hall–Kier alpha value is -6.94. The number of hydrogen-bond donors (Lipinski definition) is 2. The summed E-state index contributed by atoms with van der Waals surface area (Å²) in [6.45, 7) is 9.92. The molecule has 0 bridgehead atoms. The zero-order chi connectivity index (χ0) is 45.4. The Morgan fingerprint density at radius 2 is 1.56 bits per heavy atom. The molecular formula is C48H56N8O8. The molecule has 2 atom stereocenters. The first-order valence-electron chi connectivity index (χ1n) is 21.1. The molecule has 1 aliphatic carbocycles. The summed E-state index contributed by atoms with van der Waals surface area (Å²) in [5.41, 5.74) is 4.86. The molecular weight excluding hydrogens is 817 g/mol. The van der Waals surface area contributed by atoms with Gasteiger partial charge in [-0.1, -0.05) is 0 Å². The molecule has 4 aromatic heterocycles. The largest absolute Gasteiger partial charge is 0.497 e. The number of alkyl carbamates (subject to hydrolysis) is 1. The molecule has 16 nitrogen and oxygen atoms in total. The van der Waals surface area contributed by atoms with Crippen LogP contribution in [0.4, 0.5) is 16.4 Å². The van der Waals surface area contributed by atoms with Gasteiger partial charge in [-0.05, 0) is 99.0 Å². The minimum Gasteiger partial charge on any atom is -0.497 e. The number of carbonyl (C=O) groups is 2. The zero-order valence-electron chi connectivity index (χ0n) is 37.6. The second-order valence-electron chi connectivity index (χ2n) is 16.5. The van der Waals surface area contributed by atoms with E-state index in [2.05, 4.69) is 25.6 Å². The third-order valence-electron chi connectivity index (χ3n) is 10.9. The highest BCUT2D eigenvalue weighted by molar-refractivity contribution is 5.99. The monoisotopic (exact) mass is 872 g/mol. The Balaban J connectivity index is 1.11. The van der Waals surface area contributed by atoms with Crippen LogP contribution in [0.3, 0.4) is 0 Å². The molecule has 336 valence electrons. The smallest absolute Gasteiger partial charge is 0.407 e. The van der Waals surface area contributed by atoms with Gasteiger partial charge in [0.05, 0.1) is 60.1 Å². The van der Waals surface area contributed by atoms with E-state index in [4.69, 9.17) is 38.4 Å². The fourth-order valence-electron chi connectivity index (χ4n) is 7.46. The average Bonchev–Trinajstić information content (AvgIpc) is 3.95. The van der Waals surface area contributed by atoms with Crippen molar-refractivity contribution in [3.63, 3.8) is 0 Å². The summed E-state index contributed by atoms with van der Waals surface area (Å²) in [5, 5.41) is 11.9. The molecule has 1 fully saturated rings. The molecule has 2 amide bonds. The summed E-state index contributed by atoms with van der Waals surface area (Å²) in [5.74, 6) is 3.50. The summed E-state index contributed by atoms with van der Waals surface area (Å²) in [6.07, 6.45) is 9.34. The number of pyridine rings is 3. The molecule has 0 aliphatic heterocycles. The summed E-state index contributed by atoms with van der Waals surface area (Å²) in [4.78, 5) is 42.2. The van der Waals surface area contributed by atoms with Crippen molar-refractivity contribution in [1.29, 1.82) is 0 Å². The third-order valence-corrected chi connectivity index (χ3v) is 10.9. The molecule has 2 N–H and O–H groups in total. The van der Waals surface area contributed by atoms with Crippen LogP contribution in [0.2, 0.25) is 0 Å². The molecule has 0 unspecified atom stereocenters. The number of fused-ring (bicyclic) bond motifs is 1. The predicted octanol–water partition coefficient (Wildman–Crippen LogP) is 7.72. The topological polar surface area (TPSA) is 173 Å². The van der Waals surface area contributed by atoms with Gasteiger partial charge >= 0.3 is 6.09 Å². The molecule has 64 heavy (non-hydrogen) atoms. The van der Waals surface area contributed by atoms with Crippen molar-refractivity contribution >= 4 is 34.4 Å². The van der Waals surface area contributed by atoms with E-state index in [0.29, 0.717) is 86.1 Å². The van der Waals surface area contributed by atoms with Crippen LogP contribution in [0, 0.1) is 12.8 Å². The Kier molecular flexibility index (Phi) is 14.1. The number of nitrogens with zero attached hydrogens (tertiary/aromatic N) is 6. The molecule has 1 saturated carbocycles. The van der Waals surface area contributed by atoms with Crippen LogP contribution in [-0.2, 0) is 33.9 Å². The summed E-state index contributed by atoms with van der Waals surface area (Å²) in [6, 6.07) is 17.4. The Bertz CT molecular complexity index is 2530. The minimum absolute atomic E-state index is 0.0440. The van der Waals surface area contributed by atoms with Crippen molar-refractivity contribution in [2.24, 2.45) is 5.92 Å². The highest BCUT2D eigenvalue weighted by atomic mass is 16.6. The van der Waals surface area contributed by atoms with Gasteiger partial charge in [0.25, 0.3) is 0 Å². The number of aryl methyl sites for hydroxylation is 1. The molecule has 1 aliphatic rings. The number of amides is 2. The summed E-state index contributed by atoms with van der Waals surface area (Å²) < 4.78 is 35.4. The lowest BCUT2D eigenvalue weighted by atomic mass is 10.0. The number of methoxy groups -OCH3 is 4. The van der Waals surface area contributed by atoms with Crippen molar-refractivity contribution in [3.05, 3.63) is 108 Å².